The topological polar surface area (TPSA) is 58.6 Å². The number of carbonyl (C=O) groups excluding carboxylic acids is 1. The monoisotopic (exact) mass is 313 g/mol. The van der Waals surface area contributed by atoms with Crippen LogP contribution >= 0.6 is 0 Å². The average molecular weight is 313 g/mol. The Balaban J connectivity index is 1.82. The Morgan fingerprint density at radius 1 is 1.48 bits per heavy atom. The fourth-order valence-electron chi connectivity index (χ4n) is 3.81. The molecule has 4 heteroatoms. The highest BCUT2D eigenvalue weighted by Gasteiger charge is 2.50. The van der Waals surface area contributed by atoms with Crippen molar-refractivity contribution in [2.45, 2.75) is 50.3 Å². The minimum Gasteiger partial charge on any atom is -0.468 e. The molecule has 23 heavy (non-hydrogen) atoms. The second-order valence-electron chi connectivity index (χ2n) is 6.63. The van der Waals surface area contributed by atoms with E-state index in [1.165, 1.54) is 7.11 Å². The van der Waals surface area contributed by atoms with Crippen molar-refractivity contribution in [3.63, 3.8) is 0 Å². The van der Waals surface area contributed by atoms with Gasteiger partial charge in [-0.2, -0.15) is 0 Å². The highest BCUT2D eigenvalue weighted by atomic mass is 16.5. The number of hydrogen-bond donors (Lipinski definition) is 2. The van der Waals surface area contributed by atoms with Gasteiger partial charge in [-0.3, -0.25) is 4.79 Å². The first-order valence-corrected chi connectivity index (χ1v) is 8.18. The molecule has 1 heterocycles. The summed E-state index contributed by atoms with van der Waals surface area (Å²) in [5, 5.41) is 14.4. The molecule has 1 saturated heterocycles. The van der Waals surface area contributed by atoms with Gasteiger partial charge in [0.25, 0.3) is 0 Å². The molecule has 2 fully saturated rings. The third-order valence-corrected chi connectivity index (χ3v) is 5.00. The number of aliphatic hydroxyl groups is 1. The van der Waals surface area contributed by atoms with Crippen molar-refractivity contribution >= 4 is 5.97 Å². The fraction of sp³-hybridized carbons (Fsp3) is 0.526. The van der Waals surface area contributed by atoms with Crippen LogP contribution in [0.2, 0.25) is 0 Å². The van der Waals surface area contributed by atoms with Gasteiger partial charge in [-0.15, -0.1) is 0 Å². The second-order valence-corrected chi connectivity index (χ2v) is 6.63. The molecule has 1 aromatic rings. The van der Waals surface area contributed by atoms with Crippen LogP contribution in [0, 0.1) is 24.7 Å². The molecular weight excluding hydrogens is 290 g/mol. The van der Waals surface area contributed by atoms with E-state index in [2.05, 4.69) is 17.2 Å². The molecule has 0 spiro atoms. The van der Waals surface area contributed by atoms with E-state index in [9.17, 15) is 9.90 Å². The first kappa shape index (κ1) is 16.0. The Morgan fingerprint density at radius 3 is 3.04 bits per heavy atom. The van der Waals surface area contributed by atoms with Gasteiger partial charge in [-0.25, -0.2) is 0 Å². The van der Waals surface area contributed by atoms with Crippen LogP contribution in [-0.4, -0.2) is 35.9 Å². The predicted molar refractivity (Wildman–Crippen MR) is 87.7 cm³/mol. The van der Waals surface area contributed by atoms with Gasteiger partial charge < -0.3 is 15.2 Å². The molecule has 1 saturated carbocycles. The van der Waals surface area contributed by atoms with E-state index in [0.29, 0.717) is 12.8 Å². The number of rotatable bonds is 1. The van der Waals surface area contributed by atoms with Crippen LogP contribution < -0.4 is 5.32 Å². The van der Waals surface area contributed by atoms with Gasteiger partial charge in [0.15, 0.2) is 0 Å². The van der Waals surface area contributed by atoms with Crippen LogP contribution in [0.25, 0.3) is 0 Å². The molecule has 4 nitrogen and oxygen atoms in total. The van der Waals surface area contributed by atoms with Crippen molar-refractivity contribution in [1.29, 1.82) is 0 Å². The van der Waals surface area contributed by atoms with Crippen molar-refractivity contribution in [3.8, 4) is 11.8 Å². The summed E-state index contributed by atoms with van der Waals surface area (Å²) in [5.41, 5.74) is 1.03. The van der Waals surface area contributed by atoms with E-state index in [-0.39, 0.29) is 24.0 Å². The molecule has 0 bridgehead atoms. The molecule has 0 aromatic heterocycles. The van der Waals surface area contributed by atoms with E-state index in [1.807, 2.05) is 31.2 Å². The van der Waals surface area contributed by atoms with E-state index in [1.54, 1.807) is 0 Å². The Hall–Kier alpha value is -1.83. The fourth-order valence-corrected chi connectivity index (χ4v) is 3.81. The Kier molecular flexibility index (Phi) is 4.43. The summed E-state index contributed by atoms with van der Waals surface area (Å²) >= 11 is 0. The summed E-state index contributed by atoms with van der Waals surface area (Å²) in [6.07, 6.45) is 3.10. The molecule has 0 amide bonds. The number of nitrogens with one attached hydrogen (secondary N) is 1. The molecule has 3 rings (SSSR count). The van der Waals surface area contributed by atoms with Crippen molar-refractivity contribution in [3.05, 3.63) is 35.4 Å². The van der Waals surface area contributed by atoms with Gasteiger partial charge in [0, 0.05) is 17.5 Å². The zero-order chi connectivity index (χ0) is 16.4. The number of esters is 1. The Morgan fingerprint density at radius 2 is 2.30 bits per heavy atom. The SMILES string of the molecule is COC(=O)C1C[C@H]2[C@H](CCC[C@]2(O)C#Cc2cccc(C)c2)N1. The molecule has 0 radical (unpaired) electrons. The Bertz CT molecular complexity index is 660. The minimum absolute atomic E-state index is 0.0299. The van der Waals surface area contributed by atoms with Gasteiger partial charge in [-0.1, -0.05) is 24.0 Å². The minimum atomic E-state index is -1.04. The third-order valence-electron chi connectivity index (χ3n) is 5.00. The number of fused-ring (bicyclic) bond motifs is 1. The van der Waals surface area contributed by atoms with Gasteiger partial charge in [0.05, 0.1) is 7.11 Å². The summed E-state index contributed by atoms with van der Waals surface area (Å²) < 4.78 is 4.83. The molecule has 122 valence electrons. The maximum absolute atomic E-state index is 11.8. The maximum Gasteiger partial charge on any atom is 0.322 e. The zero-order valence-electron chi connectivity index (χ0n) is 13.6. The molecule has 1 aliphatic heterocycles. The summed E-state index contributed by atoms with van der Waals surface area (Å²) in [7, 11) is 1.40. The zero-order valence-corrected chi connectivity index (χ0v) is 13.6. The van der Waals surface area contributed by atoms with E-state index >= 15 is 0 Å². The van der Waals surface area contributed by atoms with Gasteiger partial charge in [0.2, 0.25) is 0 Å². The lowest BCUT2D eigenvalue weighted by Crippen LogP contribution is -2.47. The quantitative estimate of drug-likeness (QED) is 0.613. The highest BCUT2D eigenvalue weighted by Crippen LogP contribution is 2.40. The van der Waals surface area contributed by atoms with Gasteiger partial charge in [-0.05, 0) is 50.3 Å². The Labute approximate surface area is 137 Å². The van der Waals surface area contributed by atoms with Crippen LogP contribution in [0.5, 0.6) is 0 Å². The molecule has 1 unspecified atom stereocenters. The molecular formula is C19H23NO3. The van der Waals surface area contributed by atoms with Crippen LogP contribution in [0.1, 0.15) is 36.8 Å². The summed E-state index contributed by atoms with van der Waals surface area (Å²) in [6.45, 7) is 2.03. The number of carbonyl (C=O) groups is 1. The number of hydrogen-bond acceptors (Lipinski definition) is 4. The normalized spacial score (nSPS) is 32.6. The average Bonchev–Trinajstić information content (AvgIpc) is 2.98. The van der Waals surface area contributed by atoms with Crippen LogP contribution in [0.4, 0.5) is 0 Å². The van der Waals surface area contributed by atoms with Crippen molar-refractivity contribution < 1.29 is 14.6 Å². The second kappa shape index (κ2) is 6.35. The first-order valence-electron chi connectivity index (χ1n) is 8.18. The number of benzene rings is 1. The van der Waals surface area contributed by atoms with Crippen molar-refractivity contribution in [1.82, 2.24) is 5.32 Å². The number of methoxy groups -OCH3 is 1. The molecule has 1 aliphatic carbocycles. The van der Waals surface area contributed by atoms with Crippen LogP contribution in [0.3, 0.4) is 0 Å². The summed E-state index contributed by atoms with van der Waals surface area (Å²) in [6, 6.07) is 7.76. The van der Waals surface area contributed by atoms with Crippen molar-refractivity contribution in [2.24, 2.45) is 5.92 Å². The lowest BCUT2D eigenvalue weighted by atomic mass is 9.72. The van der Waals surface area contributed by atoms with Gasteiger partial charge >= 0.3 is 5.97 Å². The van der Waals surface area contributed by atoms with Gasteiger partial charge in [0.1, 0.15) is 11.6 Å². The van der Waals surface area contributed by atoms with E-state index < -0.39 is 5.60 Å². The standard InChI is InChI=1S/C19H23NO3/c1-13-5-3-6-14(11-13)8-10-19(22)9-4-7-16-15(19)12-17(20-16)18(21)23-2/h3,5-6,11,15-17,20,22H,4,7,9,12H2,1-2H3/t15-,16-,17?,19-/m0/s1. The third kappa shape index (κ3) is 3.26. The maximum atomic E-state index is 11.8. The molecule has 2 aliphatic rings. The molecule has 2 N–H and O–H groups in total. The summed E-state index contributed by atoms with van der Waals surface area (Å²) in [5.74, 6) is 5.94. The number of aryl methyl sites for hydroxylation is 1. The lowest BCUT2D eigenvalue weighted by Gasteiger charge is -2.37. The number of ether oxygens (including phenoxy) is 1. The van der Waals surface area contributed by atoms with E-state index in [4.69, 9.17) is 4.74 Å². The smallest absolute Gasteiger partial charge is 0.322 e. The van der Waals surface area contributed by atoms with Crippen LogP contribution in [-0.2, 0) is 9.53 Å². The highest BCUT2D eigenvalue weighted by molar-refractivity contribution is 5.76. The predicted octanol–water partition coefficient (Wildman–Crippen LogP) is 1.78. The molecule has 4 atom stereocenters. The lowest BCUT2D eigenvalue weighted by molar-refractivity contribution is -0.142. The molecule has 1 aromatic carbocycles. The van der Waals surface area contributed by atoms with E-state index in [0.717, 1.165) is 24.0 Å². The summed E-state index contributed by atoms with van der Waals surface area (Å²) in [4.78, 5) is 11.8. The van der Waals surface area contributed by atoms with Crippen molar-refractivity contribution in [2.75, 3.05) is 7.11 Å². The first-order chi connectivity index (χ1) is 11.0. The largest absolute Gasteiger partial charge is 0.468 e. The van der Waals surface area contributed by atoms with Crippen LogP contribution in [0.15, 0.2) is 24.3 Å².